The standard InChI is InChI=1S/C30H35Cl2N5O2/c1-34-30(33)35-13-4-7-27-29(39)37(19-20-15-24(31)18-25(32)16-20)14-12-26(36-27)10-11-28(38)23-9-8-21-5-2-3-6-22(21)17-23/h2-3,5-6,8-9,15-18,26-27,36H,4,7,10-14,19H2,1H3,(H3,33,34,35)/t26-,27+/m1/s1. The number of aliphatic imine (C=N–C) groups is 1. The summed E-state index contributed by atoms with van der Waals surface area (Å²) in [6, 6.07) is 18.9. The van der Waals surface area contributed by atoms with Crippen LogP contribution in [-0.2, 0) is 11.3 Å². The molecule has 39 heavy (non-hydrogen) atoms. The molecule has 0 unspecified atom stereocenters. The number of nitrogens with two attached hydrogens (primary N) is 1. The molecule has 1 aliphatic rings. The first kappa shape index (κ1) is 28.9. The highest BCUT2D eigenvalue weighted by Gasteiger charge is 2.31. The quantitative estimate of drug-likeness (QED) is 0.135. The number of fused-ring (bicyclic) bond motifs is 1. The zero-order valence-corrected chi connectivity index (χ0v) is 23.6. The maximum Gasteiger partial charge on any atom is 0.240 e. The van der Waals surface area contributed by atoms with Gasteiger partial charge in [-0.2, -0.15) is 0 Å². The Morgan fingerprint density at radius 2 is 1.82 bits per heavy atom. The molecule has 1 amide bonds. The van der Waals surface area contributed by atoms with Crippen molar-refractivity contribution in [1.82, 2.24) is 15.5 Å². The van der Waals surface area contributed by atoms with Gasteiger partial charge in [0.05, 0.1) is 6.04 Å². The summed E-state index contributed by atoms with van der Waals surface area (Å²) in [7, 11) is 1.63. The number of Topliss-reactive ketones (excluding diaryl/α,β-unsaturated/α-hetero) is 1. The number of ketones is 1. The summed E-state index contributed by atoms with van der Waals surface area (Å²) in [4.78, 5) is 32.4. The normalized spacial score (nSPS) is 18.3. The van der Waals surface area contributed by atoms with E-state index in [1.54, 1.807) is 13.1 Å². The monoisotopic (exact) mass is 567 g/mol. The van der Waals surface area contributed by atoms with Gasteiger partial charge in [-0.25, -0.2) is 0 Å². The third kappa shape index (κ3) is 8.18. The summed E-state index contributed by atoms with van der Waals surface area (Å²) in [6.45, 7) is 1.62. The molecule has 206 valence electrons. The van der Waals surface area contributed by atoms with Crippen LogP contribution in [0.25, 0.3) is 10.8 Å². The molecule has 7 nitrogen and oxygen atoms in total. The molecule has 4 rings (SSSR count). The van der Waals surface area contributed by atoms with Crippen LogP contribution in [0.1, 0.15) is 48.0 Å². The van der Waals surface area contributed by atoms with Gasteiger partial charge in [-0.05, 0) is 66.3 Å². The van der Waals surface area contributed by atoms with Gasteiger partial charge < -0.3 is 21.3 Å². The molecule has 0 aromatic heterocycles. The first-order valence-corrected chi connectivity index (χ1v) is 14.1. The largest absolute Gasteiger partial charge is 0.370 e. The molecule has 0 saturated carbocycles. The van der Waals surface area contributed by atoms with Crippen molar-refractivity contribution >= 4 is 51.6 Å². The average molecular weight is 569 g/mol. The molecule has 3 aromatic carbocycles. The fourth-order valence-corrected chi connectivity index (χ4v) is 5.58. The van der Waals surface area contributed by atoms with Crippen LogP contribution in [0.4, 0.5) is 0 Å². The number of rotatable bonds is 10. The molecule has 1 heterocycles. The summed E-state index contributed by atoms with van der Waals surface area (Å²) >= 11 is 12.4. The fourth-order valence-electron chi connectivity index (χ4n) is 5.01. The second-order valence-corrected chi connectivity index (χ2v) is 10.8. The van der Waals surface area contributed by atoms with Crippen LogP contribution < -0.4 is 16.4 Å². The number of benzene rings is 3. The van der Waals surface area contributed by atoms with E-state index < -0.39 is 0 Å². The minimum Gasteiger partial charge on any atom is -0.370 e. The van der Waals surface area contributed by atoms with Gasteiger partial charge in [0.1, 0.15) is 0 Å². The third-order valence-corrected chi connectivity index (χ3v) is 7.53. The predicted octanol–water partition coefficient (Wildman–Crippen LogP) is 5.18. The molecule has 1 fully saturated rings. The number of carbonyl (C=O) groups is 2. The number of hydrogen-bond acceptors (Lipinski definition) is 4. The SMILES string of the molecule is CN=C(N)NCCC[C@@H]1N[C@H](CCC(=O)c2ccc3ccccc3c2)CCN(Cc2cc(Cl)cc(Cl)c2)C1=O. The van der Waals surface area contributed by atoms with Gasteiger partial charge in [-0.3, -0.25) is 14.6 Å². The number of guanidine groups is 1. The van der Waals surface area contributed by atoms with E-state index in [9.17, 15) is 9.59 Å². The Bertz CT molecular complexity index is 1330. The molecule has 4 N–H and O–H groups in total. The first-order valence-electron chi connectivity index (χ1n) is 13.3. The Morgan fingerprint density at radius 3 is 2.56 bits per heavy atom. The smallest absolute Gasteiger partial charge is 0.240 e. The van der Waals surface area contributed by atoms with E-state index in [0.717, 1.165) is 34.7 Å². The van der Waals surface area contributed by atoms with Crippen LogP contribution in [0, 0.1) is 0 Å². The summed E-state index contributed by atoms with van der Waals surface area (Å²) in [5, 5.41) is 9.86. The molecule has 3 aromatic rings. The van der Waals surface area contributed by atoms with E-state index in [0.29, 0.717) is 54.9 Å². The lowest BCUT2D eigenvalue weighted by Gasteiger charge is -2.25. The lowest BCUT2D eigenvalue weighted by Crippen LogP contribution is -2.46. The van der Waals surface area contributed by atoms with Crippen LogP contribution in [0.2, 0.25) is 10.0 Å². The van der Waals surface area contributed by atoms with Crippen molar-refractivity contribution in [1.29, 1.82) is 0 Å². The number of nitrogens with zero attached hydrogens (tertiary/aromatic N) is 2. The molecular weight excluding hydrogens is 533 g/mol. The van der Waals surface area contributed by atoms with Gasteiger partial charge in [0.15, 0.2) is 11.7 Å². The van der Waals surface area contributed by atoms with Crippen LogP contribution in [0.5, 0.6) is 0 Å². The third-order valence-electron chi connectivity index (χ3n) is 7.10. The topological polar surface area (TPSA) is 99.8 Å². The zero-order valence-electron chi connectivity index (χ0n) is 22.1. The maximum atomic E-state index is 13.6. The summed E-state index contributed by atoms with van der Waals surface area (Å²) < 4.78 is 0. The molecule has 9 heteroatoms. The van der Waals surface area contributed by atoms with Crippen molar-refractivity contribution in [2.24, 2.45) is 10.7 Å². The molecule has 1 aliphatic heterocycles. The minimum atomic E-state index is -0.371. The summed E-state index contributed by atoms with van der Waals surface area (Å²) in [5.41, 5.74) is 7.35. The van der Waals surface area contributed by atoms with E-state index in [4.69, 9.17) is 28.9 Å². The van der Waals surface area contributed by atoms with Crippen molar-refractivity contribution in [2.75, 3.05) is 20.1 Å². The lowest BCUT2D eigenvalue weighted by molar-refractivity contribution is -0.133. The van der Waals surface area contributed by atoms with Crippen molar-refractivity contribution in [3.05, 3.63) is 81.8 Å². The lowest BCUT2D eigenvalue weighted by atomic mass is 9.99. The second-order valence-electron chi connectivity index (χ2n) is 9.94. The van der Waals surface area contributed by atoms with Crippen LogP contribution in [-0.4, -0.2) is 54.8 Å². The van der Waals surface area contributed by atoms with Gasteiger partial charge in [-0.1, -0.05) is 59.6 Å². The average Bonchev–Trinajstić information content (AvgIpc) is 3.07. The number of nitrogens with one attached hydrogen (secondary N) is 2. The zero-order chi connectivity index (χ0) is 27.8. The van der Waals surface area contributed by atoms with E-state index >= 15 is 0 Å². The van der Waals surface area contributed by atoms with E-state index in [2.05, 4.69) is 15.6 Å². The van der Waals surface area contributed by atoms with E-state index in [1.807, 2.05) is 59.5 Å². The Labute approximate surface area is 239 Å². The molecule has 0 bridgehead atoms. The Kier molecular flexibility index (Phi) is 10.2. The number of hydrogen-bond donors (Lipinski definition) is 3. The van der Waals surface area contributed by atoms with Crippen LogP contribution >= 0.6 is 23.2 Å². The Balaban J connectivity index is 1.43. The second kappa shape index (κ2) is 13.8. The maximum absolute atomic E-state index is 13.6. The van der Waals surface area contributed by atoms with Crippen LogP contribution in [0.15, 0.2) is 65.7 Å². The predicted molar refractivity (Wildman–Crippen MR) is 160 cm³/mol. The molecule has 0 radical (unpaired) electrons. The highest BCUT2D eigenvalue weighted by atomic mass is 35.5. The Morgan fingerprint density at radius 1 is 1.08 bits per heavy atom. The number of carbonyl (C=O) groups excluding carboxylic acids is 2. The first-order chi connectivity index (χ1) is 18.8. The molecule has 0 spiro atoms. The molecule has 0 aliphatic carbocycles. The summed E-state index contributed by atoms with van der Waals surface area (Å²) in [5.74, 6) is 0.518. The minimum absolute atomic E-state index is 0.0338. The van der Waals surface area contributed by atoms with Crippen molar-refractivity contribution in [2.45, 2.75) is 50.7 Å². The highest BCUT2D eigenvalue weighted by molar-refractivity contribution is 6.34. The highest BCUT2D eigenvalue weighted by Crippen LogP contribution is 2.23. The van der Waals surface area contributed by atoms with Gasteiger partial charge >= 0.3 is 0 Å². The number of halogens is 2. The van der Waals surface area contributed by atoms with Crippen molar-refractivity contribution in [3.63, 3.8) is 0 Å². The van der Waals surface area contributed by atoms with E-state index in [-0.39, 0.29) is 23.8 Å². The molecular formula is C30H35Cl2N5O2. The van der Waals surface area contributed by atoms with Crippen molar-refractivity contribution < 1.29 is 9.59 Å². The van der Waals surface area contributed by atoms with Gasteiger partial charge in [0.2, 0.25) is 5.91 Å². The number of amides is 1. The fraction of sp³-hybridized carbons (Fsp3) is 0.367. The van der Waals surface area contributed by atoms with Gasteiger partial charge in [-0.15, -0.1) is 0 Å². The van der Waals surface area contributed by atoms with Gasteiger partial charge in [0, 0.05) is 54.8 Å². The Hall–Kier alpha value is -3.13. The molecule has 2 atom stereocenters. The van der Waals surface area contributed by atoms with E-state index in [1.165, 1.54) is 0 Å². The van der Waals surface area contributed by atoms with Gasteiger partial charge in [0.25, 0.3) is 0 Å². The summed E-state index contributed by atoms with van der Waals surface area (Å²) in [6.07, 6.45) is 3.17. The van der Waals surface area contributed by atoms with Crippen molar-refractivity contribution in [3.8, 4) is 0 Å². The van der Waals surface area contributed by atoms with Crippen LogP contribution in [0.3, 0.4) is 0 Å². The molecule has 1 saturated heterocycles.